The van der Waals surface area contributed by atoms with Crippen molar-refractivity contribution in [3.05, 3.63) is 53.1 Å². The first-order valence-electron chi connectivity index (χ1n) is 9.66. The summed E-state index contributed by atoms with van der Waals surface area (Å²) in [6.07, 6.45) is 2.51. The van der Waals surface area contributed by atoms with Gasteiger partial charge in [0.25, 0.3) is 0 Å². The molecule has 0 aromatic heterocycles. The van der Waals surface area contributed by atoms with E-state index in [0.717, 1.165) is 24.2 Å². The molecule has 1 fully saturated rings. The van der Waals surface area contributed by atoms with Crippen LogP contribution in [0.15, 0.2) is 47.4 Å². The van der Waals surface area contributed by atoms with Gasteiger partial charge in [-0.3, -0.25) is 4.79 Å². The van der Waals surface area contributed by atoms with Gasteiger partial charge in [0.1, 0.15) is 10.6 Å². The molecule has 0 aliphatic carbocycles. The van der Waals surface area contributed by atoms with Crippen molar-refractivity contribution < 1.29 is 17.9 Å². The predicted octanol–water partition coefficient (Wildman–Crippen LogP) is 4.23. The standard InChI is InChI=1S/C21H25ClN2O4S/c1-16-7-2-3-8-19(16)28-14-6-9-21(25)23-17-10-11-18(22)20(15-17)29(26,27)24-12-4-5-13-24/h2-3,7-8,10-11,15H,4-6,9,12-14H2,1H3,(H,23,25). The number of anilines is 1. The molecule has 2 aromatic rings. The van der Waals surface area contributed by atoms with Crippen LogP contribution in [0.3, 0.4) is 0 Å². The highest BCUT2D eigenvalue weighted by atomic mass is 35.5. The Bertz CT molecular complexity index is 972. The smallest absolute Gasteiger partial charge is 0.244 e. The van der Waals surface area contributed by atoms with Crippen LogP contribution < -0.4 is 10.1 Å². The molecule has 0 unspecified atom stereocenters. The molecule has 1 heterocycles. The molecule has 3 rings (SSSR count). The van der Waals surface area contributed by atoms with Crippen LogP contribution >= 0.6 is 11.6 Å². The molecule has 29 heavy (non-hydrogen) atoms. The number of para-hydroxylation sites is 1. The van der Waals surface area contributed by atoms with Crippen molar-refractivity contribution >= 4 is 33.2 Å². The number of amides is 1. The van der Waals surface area contributed by atoms with Crippen LogP contribution in [0, 0.1) is 6.92 Å². The summed E-state index contributed by atoms with van der Waals surface area (Å²) in [5, 5.41) is 2.90. The van der Waals surface area contributed by atoms with Crippen LogP contribution in [0.1, 0.15) is 31.2 Å². The lowest BCUT2D eigenvalue weighted by Gasteiger charge is -2.17. The minimum absolute atomic E-state index is 0.0294. The number of hydrogen-bond donors (Lipinski definition) is 1. The summed E-state index contributed by atoms with van der Waals surface area (Å²) in [5.41, 5.74) is 1.46. The van der Waals surface area contributed by atoms with E-state index in [0.29, 0.717) is 31.8 Å². The van der Waals surface area contributed by atoms with Gasteiger partial charge in [0.15, 0.2) is 0 Å². The highest BCUT2D eigenvalue weighted by Gasteiger charge is 2.29. The van der Waals surface area contributed by atoms with Crippen molar-refractivity contribution in [2.45, 2.75) is 37.5 Å². The number of aryl methyl sites for hydroxylation is 1. The molecule has 1 aliphatic heterocycles. The number of ether oxygens (including phenoxy) is 1. The van der Waals surface area contributed by atoms with E-state index in [2.05, 4.69) is 5.32 Å². The van der Waals surface area contributed by atoms with E-state index in [-0.39, 0.29) is 22.2 Å². The second-order valence-electron chi connectivity index (χ2n) is 7.02. The van der Waals surface area contributed by atoms with Gasteiger partial charge in [-0.15, -0.1) is 0 Å². The Labute approximate surface area is 176 Å². The number of halogens is 1. The SMILES string of the molecule is Cc1ccccc1OCCCC(=O)Nc1ccc(Cl)c(S(=O)(=O)N2CCCC2)c1. The zero-order valence-electron chi connectivity index (χ0n) is 16.4. The Balaban J connectivity index is 1.56. The number of carbonyl (C=O) groups is 1. The van der Waals surface area contributed by atoms with E-state index in [9.17, 15) is 13.2 Å². The molecule has 156 valence electrons. The van der Waals surface area contributed by atoms with Gasteiger partial charge in [0.2, 0.25) is 15.9 Å². The lowest BCUT2D eigenvalue weighted by molar-refractivity contribution is -0.116. The third-order valence-electron chi connectivity index (χ3n) is 4.80. The van der Waals surface area contributed by atoms with Crippen LogP contribution in [-0.2, 0) is 14.8 Å². The first kappa shape index (κ1) is 21.6. The van der Waals surface area contributed by atoms with Gasteiger partial charge in [-0.05, 0) is 56.0 Å². The Morgan fingerprint density at radius 1 is 1.17 bits per heavy atom. The maximum Gasteiger partial charge on any atom is 0.244 e. The van der Waals surface area contributed by atoms with Crippen LogP contribution in [0.5, 0.6) is 5.75 Å². The third-order valence-corrected chi connectivity index (χ3v) is 7.18. The minimum atomic E-state index is -3.65. The van der Waals surface area contributed by atoms with Crippen LogP contribution in [0.4, 0.5) is 5.69 Å². The summed E-state index contributed by atoms with van der Waals surface area (Å²) in [7, 11) is -3.65. The summed E-state index contributed by atoms with van der Waals surface area (Å²) in [6.45, 7) is 3.39. The normalized spacial score (nSPS) is 14.7. The second kappa shape index (κ2) is 9.61. The second-order valence-corrected chi connectivity index (χ2v) is 9.34. The molecule has 0 spiro atoms. The predicted molar refractivity (Wildman–Crippen MR) is 114 cm³/mol. The van der Waals surface area contributed by atoms with Gasteiger partial charge in [0.05, 0.1) is 11.6 Å². The maximum atomic E-state index is 12.8. The monoisotopic (exact) mass is 436 g/mol. The van der Waals surface area contributed by atoms with Crippen molar-refractivity contribution in [2.24, 2.45) is 0 Å². The fourth-order valence-corrected chi connectivity index (χ4v) is 5.22. The molecule has 0 atom stereocenters. The van der Waals surface area contributed by atoms with Gasteiger partial charge in [-0.1, -0.05) is 29.8 Å². The third kappa shape index (κ3) is 5.50. The quantitative estimate of drug-likeness (QED) is 0.628. The van der Waals surface area contributed by atoms with Crippen LogP contribution in [-0.4, -0.2) is 38.3 Å². The topological polar surface area (TPSA) is 75.7 Å². The van der Waals surface area contributed by atoms with Gasteiger partial charge in [-0.2, -0.15) is 4.31 Å². The Morgan fingerprint density at radius 2 is 1.90 bits per heavy atom. The number of nitrogens with one attached hydrogen (secondary N) is 1. The lowest BCUT2D eigenvalue weighted by atomic mass is 10.2. The van der Waals surface area contributed by atoms with Gasteiger partial charge in [-0.25, -0.2) is 8.42 Å². The average Bonchev–Trinajstić information content (AvgIpc) is 3.24. The molecule has 8 heteroatoms. The number of nitrogens with zero attached hydrogens (tertiary/aromatic N) is 1. The molecule has 0 bridgehead atoms. The van der Waals surface area contributed by atoms with Crippen molar-refractivity contribution in [3.8, 4) is 5.75 Å². The first-order chi connectivity index (χ1) is 13.9. The molecule has 2 aromatic carbocycles. The molecule has 1 saturated heterocycles. The molecule has 1 N–H and O–H groups in total. The van der Waals surface area contributed by atoms with Gasteiger partial charge in [0, 0.05) is 25.2 Å². The van der Waals surface area contributed by atoms with E-state index >= 15 is 0 Å². The number of benzene rings is 2. The highest BCUT2D eigenvalue weighted by Crippen LogP contribution is 2.29. The summed E-state index contributed by atoms with van der Waals surface area (Å²) in [4.78, 5) is 12.3. The highest BCUT2D eigenvalue weighted by molar-refractivity contribution is 7.89. The Kier molecular flexibility index (Phi) is 7.16. The molecule has 0 saturated carbocycles. The number of rotatable bonds is 8. The van der Waals surface area contributed by atoms with Crippen molar-refractivity contribution in [2.75, 3.05) is 25.0 Å². The Hall–Kier alpha value is -2.09. The van der Waals surface area contributed by atoms with E-state index in [1.807, 2.05) is 31.2 Å². The van der Waals surface area contributed by atoms with Gasteiger partial charge >= 0.3 is 0 Å². The fourth-order valence-electron chi connectivity index (χ4n) is 3.20. The fraction of sp³-hybridized carbons (Fsp3) is 0.381. The van der Waals surface area contributed by atoms with E-state index in [4.69, 9.17) is 16.3 Å². The molecular formula is C21H25ClN2O4S. The molecule has 6 nitrogen and oxygen atoms in total. The zero-order valence-corrected chi connectivity index (χ0v) is 17.9. The summed E-state index contributed by atoms with van der Waals surface area (Å²) >= 11 is 6.13. The van der Waals surface area contributed by atoms with Crippen molar-refractivity contribution in [1.82, 2.24) is 4.31 Å². The van der Waals surface area contributed by atoms with Gasteiger partial charge < -0.3 is 10.1 Å². The Morgan fingerprint density at radius 3 is 2.62 bits per heavy atom. The van der Waals surface area contributed by atoms with Crippen LogP contribution in [0.25, 0.3) is 0 Å². The molecular weight excluding hydrogens is 412 g/mol. The maximum absolute atomic E-state index is 12.8. The zero-order chi connectivity index (χ0) is 20.9. The molecule has 1 amide bonds. The van der Waals surface area contributed by atoms with Crippen molar-refractivity contribution in [1.29, 1.82) is 0 Å². The van der Waals surface area contributed by atoms with E-state index in [1.54, 1.807) is 6.07 Å². The lowest BCUT2D eigenvalue weighted by Crippen LogP contribution is -2.28. The minimum Gasteiger partial charge on any atom is -0.493 e. The van der Waals surface area contributed by atoms with Crippen molar-refractivity contribution in [3.63, 3.8) is 0 Å². The molecule has 0 radical (unpaired) electrons. The number of sulfonamides is 1. The average molecular weight is 437 g/mol. The number of carbonyl (C=O) groups excluding carboxylic acids is 1. The largest absolute Gasteiger partial charge is 0.493 e. The van der Waals surface area contributed by atoms with E-state index in [1.165, 1.54) is 16.4 Å². The molecule has 1 aliphatic rings. The van der Waals surface area contributed by atoms with Crippen LogP contribution in [0.2, 0.25) is 5.02 Å². The summed E-state index contributed by atoms with van der Waals surface area (Å²) < 4.78 is 32.7. The van der Waals surface area contributed by atoms with E-state index < -0.39 is 10.0 Å². The summed E-state index contributed by atoms with van der Waals surface area (Å²) in [6, 6.07) is 12.2. The summed E-state index contributed by atoms with van der Waals surface area (Å²) in [5.74, 6) is 0.604. The number of hydrogen-bond acceptors (Lipinski definition) is 4. The first-order valence-corrected chi connectivity index (χ1v) is 11.5.